The fourth-order valence-electron chi connectivity index (χ4n) is 5.44. The van der Waals surface area contributed by atoms with E-state index < -0.39 is 21.7 Å². The first-order chi connectivity index (χ1) is 20.7. The van der Waals surface area contributed by atoms with Crippen molar-refractivity contribution in [2.75, 3.05) is 17.6 Å². The number of hydrogen-bond acceptors (Lipinski definition) is 8. The fraction of sp³-hybridized carbons (Fsp3) is 0.323. The van der Waals surface area contributed by atoms with Gasteiger partial charge >= 0.3 is 0 Å². The Bertz CT molecular complexity index is 1750. The minimum absolute atomic E-state index is 0.00188. The maximum atomic E-state index is 13.5. The molecule has 0 fully saturated rings. The highest BCUT2D eigenvalue weighted by molar-refractivity contribution is 9.10. The monoisotopic (exact) mass is 669 g/mol. The molecule has 1 aliphatic rings. The van der Waals surface area contributed by atoms with Crippen LogP contribution in [-0.4, -0.2) is 46.0 Å². The summed E-state index contributed by atoms with van der Waals surface area (Å²) in [6.07, 6.45) is 7.65. The van der Waals surface area contributed by atoms with Crippen molar-refractivity contribution in [3.8, 4) is 5.75 Å². The molecular weight excluding hydrogens is 637 g/mol. The Labute approximate surface area is 259 Å². The summed E-state index contributed by atoms with van der Waals surface area (Å²) in [6, 6.07) is 13.2. The van der Waals surface area contributed by atoms with E-state index in [9.17, 15) is 12.8 Å². The van der Waals surface area contributed by atoms with Gasteiger partial charge in [0, 0.05) is 24.0 Å². The summed E-state index contributed by atoms with van der Waals surface area (Å²) in [5.41, 5.74) is 1.69. The summed E-state index contributed by atoms with van der Waals surface area (Å²) in [5.74, 6) is 0.847. The van der Waals surface area contributed by atoms with Gasteiger partial charge in [-0.25, -0.2) is 22.8 Å². The van der Waals surface area contributed by atoms with Crippen LogP contribution in [0.1, 0.15) is 44.9 Å². The van der Waals surface area contributed by atoms with Crippen molar-refractivity contribution >= 4 is 48.4 Å². The summed E-state index contributed by atoms with van der Waals surface area (Å²) >= 11 is 3.57. The van der Waals surface area contributed by atoms with Crippen molar-refractivity contribution in [2.45, 2.75) is 51.9 Å². The highest BCUT2D eigenvalue weighted by atomic mass is 79.9. The lowest BCUT2D eigenvalue weighted by Gasteiger charge is -2.41. The molecule has 0 radical (unpaired) electrons. The SMILES string of the molecule is CCC(N(CC)S(=O)(=O)CC)C1(c2cc3c(Nc4ccc(OCc5cccc(F)c5)c(Br)c4)ncnc3cn2)CC=CO1. The molecule has 0 saturated carbocycles. The first-order valence-electron chi connectivity index (χ1n) is 14.1. The third-order valence-electron chi connectivity index (χ3n) is 7.54. The standard InChI is InChI=1S/C31H33BrFN5O4S/c1-4-29(38(5-2)43(39,40)6-3)31(13-8-14-42-31)28-17-24-26(18-34-28)35-20-36-30(24)37-23-11-12-27(25(32)16-23)41-19-21-9-7-10-22(33)15-21/h7-12,14-18,20,29H,4-6,13,19H2,1-3H3,(H,35,36,37). The Morgan fingerprint density at radius 1 is 1.14 bits per heavy atom. The van der Waals surface area contributed by atoms with Gasteiger partial charge in [-0.15, -0.1) is 0 Å². The number of aromatic nitrogens is 3. The third kappa shape index (κ3) is 6.36. The Morgan fingerprint density at radius 2 is 1.98 bits per heavy atom. The molecule has 9 nitrogen and oxygen atoms in total. The molecular formula is C31H33BrFN5O4S. The van der Waals surface area contributed by atoms with Crippen molar-refractivity contribution < 1.29 is 22.3 Å². The zero-order valence-electron chi connectivity index (χ0n) is 24.1. The number of pyridine rings is 1. The average molecular weight is 671 g/mol. The molecule has 0 spiro atoms. The molecule has 43 heavy (non-hydrogen) atoms. The molecule has 2 aromatic heterocycles. The molecule has 226 valence electrons. The van der Waals surface area contributed by atoms with Crippen LogP contribution in [0.5, 0.6) is 5.75 Å². The van der Waals surface area contributed by atoms with E-state index in [1.54, 1.807) is 31.5 Å². The van der Waals surface area contributed by atoms with Gasteiger partial charge in [-0.05, 0) is 77.3 Å². The van der Waals surface area contributed by atoms with E-state index in [2.05, 4.69) is 31.2 Å². The number of sulfonamides is 1. The smallest absolute Gasteiger partial charge is 0.214 e. The highest BCUT2D eigenvalue weighted by Crippen LogP contribution is 2.42. The van der Waals surface area contributed by atoms with Crippen LogP contribution in [0.15, 0.2) is 77.9 Å². The number of anilines is 2. The minimum atomic E-state index is -3.50. The molecule has 0 amide bonds. The van der Waals surface area contributed by atoms with Gasteiger partial charge in [0.05, 0.1) is 39.9 Å². The van der Waals surface area contributed by atoms with Gasteiger partial charge in [0.15, 0.2) is 5.60 Å². The number of likely N-dealkylation sites (N-methyl/N-ethyl adjacent to an activating group) is 1. The van der Waals surface area contributed by atoms with Crippen LogP contribution >= 0.6 is 15.9 Å². The molecule has 0 bridgehead atoms. The average Bonchev–Trinajstić information content (AvgIpc) is 3.50. The van der Waals surface area contributed by atoms with Crippen LogP contribution in [0.4, 0.5) is 15.9 Å². The summed E-state index contributed by atoms with van der Waals surface area (Å²) in [6.45, 7) is 5.99. The van der Waals surface area contributed by atoms with Crippen molar-refractivity contribution in [3.05, 3.63) is 94.9 Å². The van der Waals surface area contributed by atoms with Crippen LogP contribution in [0, 0.1) is 5.82 Å². The van der Waals surface area contributed by atoms with Gasteiger partial charge in [-0.2, -0.15) is 4.31 Å². The van der Waals surface area contributed by atoms with Crippen molar-refractivity contribution in [2.24, 2.45) is 0 Å². The van der Waals surface area contributed by atoms with Gasteiger partial charge in [-0.1, -0.05) is 26.0 Å². The van der Waals surface area contributed by atoms with Gasteiger partial charge in [0.1, 0.15) is 30.3 Å². The van der Waals surface area contributed by atoms with Crippen LogP contribution < -0.4 is 10.1 Å². The van der Waals surface area contributed by atoms with Crippen LogP contribution in [0.25, 0.3) is 10.9 Å². The fourth-order valence-corrected chi connectivity index (χ4v) is 7.37. The molecule has 0 aliphatic carbocycles. The molecule has 2 aromatic carbocycles. The predicted molar refractivity (Wildman–Crippen MR) is 168 cm³/mol. The number of fused-ring (bicyclic) bond motifs is 1. The zero-order valence-corrected chi connectivity index (χ0v) is 26.5. The molecule has 2 unspecified atom stereocenters. The molecule has 0 saturated heterocycles. The zero-order chi connectivity index (χ0) is 30.6. The molecule has 1 N–H and O–H groups in total. The van der Waals surface area contributed by atoms with E-state index in [1.807, 2.05) is 44.2 Å². The van der Waals surface area contributed by atoms with Crippen LogP contribution in [0.3, 0.4) is 0 Å². The topological polar surface area (TPSA) is 107 Å². The number of nitrogens with zero attached hydrogens (tertiary/aromatic N) is 4. The number of nitrogens with one attached hydrogen (secondary N) is 1. The minimum Gasteiger partial charge on any atom is -0.488 e. The predicted octanol–water partition coefficient (Wildman–Crippen LogP) is 6.83. The molecule has 1 aliphatic heterocycles. The molecule has 5 rings (SSSR count). The quantitative estimate of drug-likeness (QED) is 0.175. The summed E-state index contributed by atoms with van der Waals surface area (Å²) in [5, 5.41) is 4.07. The third-order valence-corrected chi connectivity index (χ3v) is 10.1. The van der Waals surface area contributed by atoms with E-state index >= 15 is 0 Å². The molecule has 3 heterocycles. The van der Waals surface area contributed by atoms with E-state index in [-0.39, 0.29) is 18.2 Å². The molecule has 2 atom stereocenters. The summed E-state index contributed by atoms with van der Waals surface area (Å²) < 4.78 is 54.1. The number of halogens is 2. The Balaban J connectivity index is 1.45. The second kappa shape index (κ2) is 12.9. The molecule has 12 heteroatoms. The van der Waals surface area contributed by atoms with Gasteiger partial charge in [0.2, 0.25) is 10.0 Å². The summed E-state index contributed by atoms with van der Waals surface area (Å²) in [7, 11) is -3.50. The van der Waals surface area contributed by atoms with Crippen LogP contribution in [-0.2, 0) is 27.0 Å². The van der Waals surface area contributed by atoms with Gasteiger partial charge < -0.3 is 14.8 Å². The van der Waals surface area contributed by atoms with E-state index in [0.717, 1.165) is 11.3 Å². The van der Waals surface area contributed by atoms with Crippen LogP contribution in [0.2, 0.25) is 0 Å². The van der Waals surface area contributed by atoms with E-state index in [0.29, 0.717) is 52.0 Å². The van der Waals surface area contributed by atoms with E-state index in [1.165, 1.54) is 22.8 Å². The van der Waals surface area contributed by atoms with Gasteiger partial charge in [0.25, 0.3) is 0 Å². The lowest BCUT2D eigenvalue weighted by Crippen LogP contribution is -2.53. The Hall–Kier alpha value is -3.61. The first-order valence-corrected chi connectivity index (χ1v) is 16.5. The van der Waals surface area contributed by atoms with Crippen molar-refractivity contribution in [1.82, 2.24) is 19.3 Å². The second-order valence-electron chi connectivity index (χ2n) is 10.1. The number of benzene rings is 2. The highest BCUT2D eigenvalue weighted by Gasteiger charge is 2.49. The van der Waals surface area contributed by atoms with Gasteiger partial charge in [-0.3, -0.25) is 4.98 Å². The molecule has 4 aromatic rings. The maximum absolute atomic E-state index is 13.5. The largest absolute Gasteiger partial charge is 0.488 e. The van der Waals surface area contributed by atoms with Crippen molar-refractivity contribution in [1.29, 1.82) is 0 Å². The Kier molecular flexibility index (Phi) is 9.28. The summed E-state index contributed by atoms with van der Waals surface area (Å²) in [4.78, 5) is 13.6. The lowest BCUT2D eigenvalue weighted by molar-refractivity contribution is -0.0271. The number of rotatable bonds is 12. The second-order valence-corrected chi connectivity index (χ2v) is 13.2. The first kappa shape index (κ1) is 30.8. The maximum Gasteiger partial charge on any atom is 0.214 e. The van der Waals surface area contributed by atoms with E-state index in [4.69, 9.17) is 14.5 Å². The number of hydrogen-bond donors (Lipinski definition) is 1. The van der Waals surface area contributed by atoms with Crippen molar-refractivity contribution in [3.63, 3.8) is 0 Å². The normalized spacial score (nSPS) is 17.3. The lowest BCUT2D eigenvalue weighted by atomic mass is 9.85. The Morgan fingerprint density at radius 3 is 2.65 bits per heavy atom. The number of ether oxygens (including phenoxy) is 2.